The van der Waals surface area contributed by atoms with Gasteiger partial charge in [-0.25, -0.2) is 9.78 Å². The number of azo groups is 1. The second-order valence-corrected chi connectivity index (χ2v) is 6.46. The fourth-order valence-corrected chi connectivity index (χ4v) is 2.89. The molecule has 0 aliphatic rings. The van der Waals surface area contributed by atoms with Gasteiger partial charge in [-0.1, -0.05) is 6.92 Å². The second-order valence-electron chi connectivity index (χ2n) is 6.46. The van der Waals surface area contributed by atoms with Crippen molar-refractivity contribution in [1.29, 1.82) is 0 Å². The van der Waals surface area contributed by atoms with Crippen LogP contribution in [0.5, 0.6) is 5.88 Å². The largest absolute Gasteiger partial charge is 0.478 e. The normalized spacial score (nSPS) is 11.2. The van der Waals surface area contributed by atoms with Crippen LogP contribution in [0.15, 0.2) is 39.3 Å². The molecule has 30 heavy (non-hydrogen) atoms. The standard InChI is InChI=1S/C20H22N6O4/c1-5-15-11(3)21-20(22-17(15)30-6-2)26-18(27)16(12(4)25-26)24-23-14-9-7-13(8-10-14)19(28)29/h7-10,25H,5-6H2,1-4H3,(H,28,29). The van der Waals surface area contributed by atoms with Gasteiger partial charge >= 0.3 is 11.5 Å². The Hall–Kier alpha value is -3.82. The van der Waals surface area contributed by atoms with Crippen molar-refractivity contribution >= 4 is 17.3 Å². The summed E-state index contributed by atoms with van der Waals surface area (Å²) in [5.41, 5.74) is 2.32. The van der Waals surface area contributed by atoms with Crippen molar-refractivity contribution in [3.63, 3.8) is 0 Å². The van der Waals surface area contributed by atoms with Crippen LogP contribution in [0.3, 0.4) is 0 Å². The molecule has 0 bridgehead atoms. The van der Waals surface area contributed by atoms with E-state index in [-0.39, 0.29) is 17.2 Å². The molecule has 1 aromatic carbocycles. The van der Waals surface area contributed by atoms with Gasteiger partial charge in [0.15, 0.2) is 5.69 Å². The van der Waals surface area contributed by atoms with E-state index in [0.717, 1.165) is 11.3 Å². The summed E-state index contributed by atoms with van der Waals surface area (Å²) in [5.74, 6) is -0.421. The summed E-state index contributed by atoms with van der Waals surface area (Å²) in [4.78, 5) is 32.6. The van der Waals surface area contributed by atoms with E-state index in [1.54, 1.807) is 6.92 Å². The van der Waals surface area contributed by atoms with Crippen LogP contribution in [-0.2, 0) is 6.42 Å². The molecule has 2 N–H and O–H groups in total. The van der Waals surface area contributed by atoms with Crippen molar-refractivity contribution in [3.8, 4) is 11.8 Å². The lowest BCUT2D eigenvalue weighted by Crippen LogP contribution is -2.19. The number of aryl methyl sites for hydroxylation is 2. The van der Waals surface area contributed by atoms with Crippen LogP contribution in [0.1, 0.15) is 41.2 Å². The molecule has 0 amide bonds. The lowest BCUT2D eigenvalue weighted by Gasteiger charge is -2.11. The van der Waals surface area contributed by atoms with E-state index in [1.165, 1.54) is 28.9 Å². The van der Waals surface area contributed by atoms with Gasteiger partial charge in [0.05, 0.1) is 23.6 Å². The van der Waals surface area contributed by atoms with E-state index in [9.17, 15) is 9.59 Å². The first kappa shape index (κ1) is 20.9. The molecule has 2 heterocycles. The Morgan fingerprint density at radius 2 is 1.87 bits per heavy atom. The summed E-state index contributed by atoms with van der Waals surface area (Å²) in [5, 5.41) is 19.9. The van der Waals surface area contributed by atoms with Crippen molar-refractivity contribution in [1.82, 2.24) is 19.7 Å². The lowest BCUT2D eigenvalue weighted by molar-refractivity contribution is 0.0697. The second kappa shape index (κ2) is 8.68. The molecule has 0 atom stereocenters. The van der Waals surface area contributed by atoms with Crippen molar-refractivity contribution in [2.24, 2.45) is 10.2 Å². The van der Waals surface area contributed by atoms with E-state index in [0.29, 0.717) is 30.3 Å². The molecule has 0 radical (unpaired) electrons. The molecule has 10 nitrogen and oxygen atoms in total. The number of H-pyrrole nitrogens is 1. The van der Waals surface area contributed by atoms with Crippen LogP contribution in [0.25, 0.3) is 5.95 Å². The zero-order valence-electron chi connectivity index (χ0n) is 17.1. The van der Waals surface area contributed by atoms with E-state index in [4.69, 9.17) is 9.84 Å². The highest BCUT2D eigenvalue weighted by molar-refractivity contribution is 5.87. The number of nitrogens with zero attached hydrogens (tertiary/aromatic N) is 5. The van der Waals surface area contributed by atoms with Crippen LogP contribution in [0, 0.1) is 13.8 Å². The first-order chi connectivity index (χ1) is 14.3. The van der Waals surface area contributed by atoms with Crippen molar-refractivity contribution in [2.75, 3.05) is 6.61 Å². The van der Waals surface area contributed by atoms with Crippen molar-refractivity contribution in [2.45, 2.75) is 34.1 Å². The minimum absolute atomic E-state index is 0.107. The Labute approximate surface area is 172 Å². The molecular formula is C20H22N6O4. The topological polar surface area (TPSA) is 135 Å². The predicted octanol–water partition coefficient (Wildman–Crippen LogP) is 3.65. The number of aromatic amines is 1. The molecule has 3 rings (SSSR count). The monoisotopic (exact) mass is 410 g/mol. The molecule has 0 unspecified atom stereocenters. The summed E-state index contributed by atoms with van der Waals surface area (Å²) < 4.78 is 6.82. The highest BCUT2D eigenvalue weighted by Crippen LogP contribution is 2.22. The molecule has 10 heteroatoms. The predicted molar refractivity (Wildman–Crippen MR) is 110 cm³/mol. The SMILES string of the molecule is CCOc1nc(-n2[nH]c(C)c(N=Nc3ccc(C(=O)O)cc3)c2=O)nc(C)c1CC. The van der Waals surface area contributed by atoms with Crippen LogP contribution in [-0.4, -0.2) is 37.4 Å². The first-order valence-corrected chi connectivity index (χ1v) is 9.43. The molecular weight excluding hydrogens is 388 g/mol. The minimum Gasteiger partial charge on any atom is -0.478 e. The molecule has 3 aromatic rings. The first-order valence-electron chi connectivity index (χ1n) is 9.43. The smallest absolute Gasteiger partial charge is 0.335 e. The molecule has 2 aromatic heterocycles. The number of hydrogen-bond acceptors (Lipinski definition) is 7. The van der Waals surface area contributed by atoms with Gasteiger partial charge in [-0.2, -0.15) is 14.8 Å². The lowest BCUT2D eigenvalue weighted by atomic mass is 10.2. The maximum atomic E-state index is 12.9. The third-order valence-electron chi connectivity index (χ3n) is 4.42. The van der Waals surface area contributed by atoms with Crippen LogP contribution in [0.2, 0.25) is 0 Å². The number of aromatic nitrogens is 4. The van der Waals surface area contributed by atoms with E-state index in [1.807, 2.05) is 20.8 Å². The molecule has 0 aliphatic heterocycles. The number of rotatable bonds is 7. The zero-order valence-corrected chi connectivity index (χ0v) is 17.1. The summed E-state index contributed by atoms with van der Waals surface area (Å²) in [6.45, 7) is 7.83. The number of carboxylic acids is 1. The Morgan fingerprint density at radius 1 is 1.17 bits per heavy atom. The number of carbonyl (C=O) groups is 1. The summed E-state index contributed by atoms with van der Waals surface area (Å²) >= 11 is 0. The minimum atomic E-state index is -1.03. The Bertz CT molecular complexity index is 1160. The molecule has 0 saturated heterocycles. The van der Waals surface area contributed by atoms with Crippen molar-refractivity contribution < 1.29 is 14.6 Å². The van der Waals surface area contributed by atoms with Gasteiger partial charge in [0.2, 0.25) is 5.88 Å². The Kier molecular flexibility index (Phi) is 6.05. The van der Waals surface area contributed by atoms with Gasteiger partial charge in [0.1, 0.15) is 0 Å². The molecule has 0 fully saturated rings. The van der Waals surface area contributed by atoms with Crippen molar-refractivity contribution in [3.05, 3.63) is 57.1 Å². The highest BCUT2D eigenvalue weighted by Gasteiger charge is 2.18. The quantitative estimate of drug-likeness (QED) is 0.571. The van der Waals surface area contributed by atoms with Gasteiger partial charge < -0.3 is 9.84 Å². The zero-order chi connectivity index (χ0) is 21.8. The molecule has 0 aliphatic carbocycles. The van der Waals surface area contributed by atoms with E-state index < -0.39 is 11.5 Å². The fourth-order valence-electron chi connectivity index (χ4n) is 2.89. The fraction of sp³-hybridized carbons (Fsp3) is 0.300. The summed E-state index contributed by atoms with van der Waals surface area (Å²) in [7, 11) is 0. The third-order valence-corrected chi connectivity index (χ3v) is 4.42. The Balaban J connectivity index is 1.98. The number of hydrogen-bond donors (Lipinski definition) is 2. The van der Waals surface area contributed by atoms with Gasteiger partial charge in [-0.3, -0.25) is 9.89 Å². The molecule has 0 saturated carbocycles. The number of benzene rings is 1. The van der Waals surface area contributed by atoms with Gasteiger partial charge in [-0.05, 0) is 51.5 Å². The maximum absolute atomic E-state index is 12.9. The summed E-state index contributed by atoms with van der Waals surface area (Å²) in [6, 6.07) is 5.86. The summed E-state index contributed by atoms with van der Waals surface area (Å²) in [6.07, 6.45) is 0.709. The van der Waals surface area contributed by atoms with E-state index in [2.05, 4.69) is 25.3 Å². The number of carboxylic acid groups (broad SMARTS) is 1. The maximum Gasteiger partial charge on any atom is 0.335 e. The van der Waals surface area contributed by atoms with Gasteiger partial charge in [0.25, 0.3) is 5.95 Å². The number of nitrogens with one attached hydrogen (secondary N) is 1. The van der Waals surface area contributed by atoms with Crippen LogP contribution >= 0.6 is 0 Å². The molecule has 156 valence electrons. The number of ether oxygens (including phenoxy) is 1. The Morgan fingerprint density at radius 3 is 2.47 bits per heavy atom. The average molecular weight is 410 g/mol. The highest BCUT2D eigenvalue weighted by atomic mass is 16.5. The third kappa shape index (κ3) is 4.12. The van der Waals surface area contributed by atoms with Crippen LogP contribution in [0.4, 0.5) is 11.4 Å². The molecule has 0 spiro atoms. The van der Waals surface area contributed by atoms with Crippen LogP contribution < -0.4 is 10.3 Å². The van der Waals surface area contributed by atoms with Gasteiger partial charge in [-0.15, -0.1) is 5.11 Å². The average Bonchev–Trinajstić information content (AvgIpc) is 3.00. The van der Waals surface area contributed by atoms with E-state index >= 15 is 0 Å². The van der Waals surface area contributed by atoms with Gasteiger partial charge in [0, 0.05) is 11.3 Å². The number of aromatic carboxylic acids is 1.